The van der Waals surface area contributed by atoms with Crippen LogP contribution in [0.4, 0.5) is 0 Å². The van der Waals surface area contributed by atoms with Gasteiger partial charge in [0.25, 0.3) is 0 Å². The smallest absolute Gasteiger partial charge is 0.339 e. The summed E-state index contributed by atoms with van der Waals surface area (Å²) in [6, 6.07) is 5.00. The van der Waals surface area contributed by atoms with Crippen molar-refractivity contribution in [1.29, 1.82) is 0 Å². The number of halogens is 1. The summed E-state index contributed by atoms with van der Waals surface area (Å²) in [4.78, 5) is 11.1. The predicted octanol–water partition coefficient (Wildman–Crippen LogP) is 3.72. The summed E-state index contributed by atoms with van der Waals surface area (Å²) in [6.07, 6.45) is 3.30. The molecule has 0 bridgehead atoms. The molecular formula is C13H13BrN2O3. The molecule has 0 fully saturated rings. The van der Waals surface area contributed by atoms with Crippen molar-refractivity contribution in [2.75, 3.05) is 0 Å². The van der Waals surface area contributed by atoms with E-state index in [2.05, 4.69) is 21.0 Å². The van der Waals surface area contributed by atoms with Crippen molar-refractivity contribution in [3.05, 3.63) is 40.6 Å². The van der Waals surface area contributed by atoms with Gasteiger partial charge >= 0.3 is 5.97 Å². The van der Waals surface area contributed by atoms with Gasteiger partial charge in [-0.2, -0.15) is 5.10 Å². The minimum absolute atomic E-state index is 0.112. The van der Waals surface area contributed by atoms with E-state index in [1.54, 1.807) is 29.2 Å². The number of rotatable bonds is 4. The molecule has 0 saturated heterocycles. The zero-order valence-corrected chi connectivity index (χ0v) is 12.1. The Morgan fingerprint density at radius 1 is 1.47 bits per heavy atom. The van der Waals surface area contributed by atoms with Gasteiger partial charge in [-0.3, -0.25) is 4.68 Å². The summed E-state index contributed by atoms with van der Waals surface area (Å²) in [5, 5.41) is 13.3. The molecule has 0 unspecified atom stereocenters. The van der Waals surface area contributed by atoms with E-state index in [-0.39, 0.29) is 17.4 Å². The fourth-order valence-electron chi connectivity index (χ4n) is 1.54. The number of benzene rings is 1. The molecule has 5 nitrogen and oxygen atoms in total. The van der Waals surface area contributed by atoms with Gasteiger partial charge in [0.2, 0.25) is 0 Å². The lowest BCUT2D eigenvalue weighted by Crippen LogP contribution is -2.00. The molecule has 1 heterocycles. The lowest BCUT2D eigenvalue weighted by molar-refractivity contribution is 0.0694. The van der Waals surface area contributed by atoms with Crippen molar-refractivity contribution < 1.29 is 14.6 Å². The number of aromatic nitrogens is 2. The number of hydrogen-bond acceptors (Lipinski definition) is 3. The number of hydrogen-bond donors (Lipinski definition) is 1. The third-order valence-electron chi connectivity index (χ3n) is 2.51. The number of carboxylic acids is 1. The molecule has 0 aliphatic rings. The van der Waals surface area contributed by atoms with Gasteiger partial charge in [-0.25, -0.2) is 4.79 Å². The van der Waals surface area contributed by atoms with Crippen molar-refractivity contribution in [1.82, 2.24) is 9.78 Å². The first-order valence-electron chi connectivity index (χ1n) is 5.72. The third-order valence-corrected chi connectivity index (χ3v) is 3.00. The lowest BCUT2D eigenvalue weighted by Gasteiger charge is -2.07. The van der Waals surface area contributed by atoms with E-state index in [1.807, 2.05) is 13.8 Å². The van der Waals surface area contributed by atoms with E-state index in [4.69, 9.17) is 9.84 Å². The fourth-order valence-corrected chi connectivity index (χ4v) is 1.88. The van der Waals surface area contributed by atoms with E-state index < -0.39 is 5.97 Å². The van der Waals surface area contributed by atoms with Crippen LogP contribution in [0, 0.1) is 0 Å². The highest BCUT2D eigenvalue weighted by molar-refractivity contribution is 9.10. The molecule has 2 aromatic rings. The number of carbonyl (C=O) groups is 1. The van der Waals surface area contributed by atoms with E-state index in [9.17, 15) is 4.79 Å². The fraction of sp³-hybridized carbons (Fsp3) is 0.231. The summed E-state index contributed by atoms with van der Waals surface area (Å²) in [5.74, 6) is -0.238. The van der Waals surface area contributed by atoms with Crippen LogP contribution in [0.5, 0.6) is 11.5 Å². The molecular weight excluding hydrogens is 312 g/mol. The Kier molecular flexibility index (Phi) is 3.90. The summed E-state index contributed by atoms with van der Waals surface area (Å²) >= 11 is 3.29. The largest absolute Gasteiger partial charge is 0.478 e. The van der Waals surface area contributed by atoms with Gasteiger partial charge in [0.15, 0.2) is 5.75 Å². The second-order valence-electron chi connectivity index (χ2n) is 4.30. The summed E-state index contributed by atoms with van der Waals surface area (Å²) in [5.41, 5.74) is 0.112. The highest BCUT2D eigenvalue weighted by Crippen LogP contribution is 2.28. The molecule has 0 aliphatic heterocycles. The number of aromatic carboxylic acids is 1. The molecule has 100 valence electrons. The molecule has 0 amide bonds. The Balaban J connectivity index is 2.31. The molecule has 1 aromatic heterocycles. The minimum Gasteiger partial charge on any atom is -0.478 e. The molecule has 0 spiro atoms. The van der Waals surface area contributed by atoms with Crippen molar-refractivity contribution in [2.24, 2.45) is 0 Å². The number of carboxylic acid groups (broad SMARTS) is 1. The van der Waals surface area contributed by atoms with Crippen molar-refractivity contribution in [2.45, 2.75) is 19.9 Å². The molecule has 0 aliphatic carbocycles. The Morgan fingerprint density at radius 3 is 2.79 bits per heavy atom. The van der Waals surface area contributed by atoms with Gasteiger partial charge in [-0.05, 0) is 32.0 Å². The Hall–Kier alpha value is -1.82. The Morgan fingerprint density at radius 2 is 2.21 bits per heavy atom. The van der Waals surface area contributed by atoms with Gasteiger partial charge < -0.3 is 9.84 Å². The minimum atomic E-state index is -1.03. The van der Waals surface area contributed by atoms with Gasteiger partial charge in [0.05, 0.1) is 12.4 Å². The van der Waals surface area contributed by atoms with Crippen LogP contribution in [0.2, 0.25) is 0 Å². The molecule has 19 heavy (non-hydrogen) atoms. The van der Waals surface area contributed by atoms with Crippen LogP contribution in [0.25, 0.3) is 0 Å². The highest BCUT2D eigenvalue weighted by Gasteiger charge is 2.13. The number of ether oxygens (including phenoxy) is 1. The first kappa shape index (κ1) is 13.6. The monoisotopic (exact) mass is 324 g/mol. The molecule has 1 N–H and O–H groups in total. The quantitative estimate of drug-likeness (QED) is 0.930. The Bertz CT molecular complexity index is 608. The van der Waals surface area contributed by atoms with Crippen LogP contribution in [0.1, 0.15) is 30.2 Å². The van der Waals surface area contributed by atoms with Crippen LogP contribution in [-0.4, -0.2) is 20.9 Å². The molecule has 0 radical (unpaired) electrons. The maximum Gasteiger partial charge on any atom is 0.339 e. The van der Waals surface area contributed by atoms with E-state index in [0.29, 0.717) is 5.75 Å². The first-order valence-corrected chi connectivity index (χ1v) is 6.51. The third kappa shape index (κ3) is 3.14. The van der Waals surface area contributed by atoms with E-state index in [1.165, 1.54) is 6.07 Å². The summed E-state index contributed by atoms with van der Waals surface area (Å²) < 4.78 is 8.09. The molecule has 1 aromatic carbocycles. The normalized spacial score (nSPS) is 10.7. The van der Waals surface area contributed by atoms with Crippen LogP contribution >= 0.6 is 15.9 Å². The van der Waals surface area contributed by atoms with Gasteiger partial charge in [-0.15, -0.1) is 0 Å². The van der Waals surface area contributed by atoms with Gasteiger partial charge in [-0.1, -0.05) is 15.9 Å². The standard InChI is InChI=1S/C13H13BrN2O3/c1-8(2)16-7-10(6-15-16)19-12-5-9(14)3-4-11(12)13(17)18/h3-8H,1-2H3,(H,17,18). The molecule has 0 saturated carbocycles. The topological polar surface area (TPSA) is 64.3 Å². The number of nitrogens with zero attached hydrogens (tertiary/aromatic N) is 2. The van der Waals surface area contributed by atoms with Crippen LogP contribution < -0.4 is 4.74 Å². The summed E-state index contributed by atoms with van der Waals surface area (Å²) in [7, 11) is 0. The molecule has 6 heteroatoms. The van der Waals surface area contributed by atoms with Crippen LogP contribution in [0.15, 0.2) is 35.1 Å². The Labute approximate surface area is 118 Å². The zero-order valence-electron chi connectivity index (χ0n) is 10.5. The van der Waals surface area contributed by atoms with E-state index in [0.717, 1.165) is 4.47 Å². The predicted molar refractivity (Wildman–Crippen MR) is 73.8 cm³/mol. The zero-order chi connectivity index (χ0) is 14.0. The van der Waals surface area contributed by atoms with Crippen LogP contribution in [0.3, 0.4) is 0 Å². The van der Waals surface area contributed by atoms with Gasteiger partial charge in [0.1, 0.15) is 11.3 Å². The molecule has 0 atom stereocenters. The van der Waals surface area contributed by atoms with Crippen molar-refractivity contribution in [3.63, 3.8) is 0 Å². The highest BCUT2D eigenvalue weighted by atomic mass is 79.9. The van der Waals surface area contributed by atoms with Crippen molar-refractivity contribution >= 4 is 21.9 Å². The maximum absolute atomic E-state index is 11.1. The van der Waals surface area contributed by atoms with Gasteiger partial charge in [0, 0.05) is 10.5 Å². The average Bonchev–Trinajstić information content (AvgIpc) is 2.77. The van der Waals surface area contributed by atoms with Crippen molar-refractivity contribution in [3.8, 4) is 11.5 Å². The van der Waals surface area contributed by atoms with Crippen LogP contribution in [-0.2, 0) is 0 Å². The maximum atomic E-state index is 11.1. The second kappa shape index (κ2) is 5.44. The SMILES string of the molecule is CC(C)n1cc(Oc2cc(Br)ccc2C(=O)O)cn1. The molecule has 2 rings (SSSR count). The first-order chi connectivity index (χ1) is 8.97. The summed E-state index contributed by atoms with van der Waals surface area (Å²) in [6.45, 7) is 4.00. The second-order valence-corrected chi connectivity index (χ2v) is 5.21. The lowest BCUT2D eigenvalue weighted by atomic mass is 10.2. The average molecular weight is 325 g/mol. The van der Waals surface area contributed by atoms with E-state index >= 15 is 0 Å².